The Labute approximate surface area is 181 Å². The number of nitrogens with one attached hydrogen (secondary N) is 4. The molecule has 0 aliphatic carbocycles. The molecule has 4 N–H and O–H groups in total. The van der Waals surface area contributed by atoms with Crippen molar-refractivity contribution in [3.05, 3.63) is 82.4 Å². The summed E-state index contributed by atoms with van der Waals surface area (Å²) in [4.78, 5) is 26.6. The molecule has 2 saturated heterocycles. The standard InChI is InChI=1S/C23H27N7O/c31-21-14-19(25-23(26-21)18-8-4-5-11-24-18)16-9-12-30(13-10-16)15-20-22(28-29-27-20)17-6-2-1-3-7-17/h1-8,11,14,16,20,22,27-29H,9-10,12-13,15H2,(H,25,26,31). The Morgan fingerprint density at radius 3 is 2.58 bits per heavy atom. The lowest BCUT2D eigenvalue weighted by atomic mass is 9.92. The van der Waals surface area contributed by atoms with Gasteiger partial charge in [0.1, 0.15) is 5.69 Å². The van der Waals surface area contributed by atoms with Gasteiger partial charge in [0.15, 0.2) is 5.82 Å². The number of hydrogen-bond donors (Lipinski definition) is 4. The minimum atomic E-state index is -0.119. The molecule has 2 atom stereocenters. The van der Waals surface area contributed by atoms with E-state index >= 15 is 0 Å². The maximum absolute atomic E-state index is 12.2. The minimum Gasteiger partial charge on any atom is -0.305 e. The van der Waals surface area contributed by atoms with Gasteiger partial charge in [0, 0.05) is 24.7 Å². The molecular weight excluding hydrogens is 390 g/mol. The van der Waals surface area contributed by atoms with Crippen molar-refractivity contribution in [2.24, 2.45) is 0 Å². The summed E-state index contributed by atoms with van der Waals surface area (Å²) < 4.78 is 0. The molecule has 2 aliphatic heterocycles. The second-order valence-electron chi connectivity index (χ2n) is 8.22. The van der Waals surface area contributed by atoms with E-state index in [9.17, 15) is 4.79 Å². The Balaban J connectivity index is 1.23. The van der Waals surface area contributed by atoms with Crippen LogP contribution >= 0.6 is 0 Å². The van der Waals surface area contributed by atoms with Gasteiger partial charge in [-0.25, -0.2) is 15.8 Å². The van der Waals surface area contributed by atoms with Crippen molar-refractivity contribution in [2.75, 3.05) is 19.6 Å². The van der Waals surface area contributed by atoms with E-state index < -0.39 is 0 Å². The summed E-state index contributed by atoms with van der Waals surface area (Å²) in [5, 5.41) is 0. The highest BCUT2D eigenvalue weighted by Gasteiger charge is 2.31. The molecule has 0 saturated carbocycles. The summed E-state index contributed by atoms with van der Waals surface area (Å²) >= 11 is 0. The summed E-state index contributed by atoms with van der Waals surface area (Å²) in [5.41, 5.74) is 12.5. The molecule has 0 bridgehead atoms. The third-order valence-electron chi connectivity index (χ3n) is 6.18. The van der Waals surface area contributed by atoms with Crippen molar-refractivity contribution in [3.63, 3.8) is 0 Å². The molecule has 2 unspecified atom stereocenters. The summed E-state index contributed by atoms with van der Waals surface area (Å²) in [5.74, 6) is 0.835. The highest BCUT2D eigenvalue weighted by atomic mass is 16.1. The molecule has 2 aromatic heterocycles. The average molecular weight is 418 g/mol. The normalized spacial score (nSPS) is 22.6. The Morgan fingerprint density at radius 2 is 1.81 bits per heavy atom. The fraction of sp³-hybridized carbons (Fsp3) is 0.348. The van der Waals surface area contributed by atoms with E-state index in [0.717, 1.165) is 38.2 Å². The number of aromatic nitrogens is 3. The molecule has 8 heteroatoms. The lowest BCUT2D eigenvalue weighted by molar-refractivity contribution is 0.189. The number of rotatable bonds is 5. The zero-order valence-electron chi connectivity index (χ0n) is 17.3. The number of likely N-dealkylation sites (tertiary alicyclic amines) is 1. The van der Waals surface area contributed by atoms with E-state index in [0.29, 0.717) is 17.4 Å². The molecule has 1 aromatic carbocycles. The molecule has 3 aromatic rings. The fourth-order valence-corrected chi connectivity index (χ4v) is 4.52. The summed E-state index contributed by atoms with van der Waals surface area (Å²) in [7, 11) is 0. The van der Waals surface area contributed by atoms with Gasteiger partial charge in [0.2, 0.25) is 0 Å². The summed E-state index contributed by atoms with van der Waals surface area (Å²) in [6, 6.07) is 18.3. The number of pyridine rings is 1. The molecule has 0 spiro atoms. The smallest absolute Gasteiger partial charge is 0.251 e. The van der Waals surface area contributed by atoms with E-state index in [1.165, 1.54) is 5.56 Å². The maximum atomic E-state index is 12.2. The van der Waals surface area contributed by atoms with Crippen LogP contribution in [0.4, 0.5) is 0 Å². The van der Waals surface area contributed by atoms with E-state index in [2.05, 4.69) is 55.5 Å². The Morgan fingerprint density at radius 1 is 1.00 bits per heavy atom. The van der Waals surface area contributed by atoms with Crippen LogP contribution in [0.5, 0.6) is 0 Å². The lowest BCUT2D eigenvalue weighted by Gasteiger charge is -2.34. The predicted octanol–water partition coefficient (Wildman–Crippen LogP) is 1.73. The number of hydrogen-bond acceptors (Lipinski definition) is 7. The second kappa shape index (κ2) is 9.07. The monoisotopic (exact) mass is 417 g/mol. The maximum Gasteiger partial charge on any atom is 0.251 e. The highest BCUT2D eigenvalue weighted by Crippen LogP contribution is 2.28. The van der Waals surface area contributed by atoms with Crippen LogP contribution in [0, 0.1) is 0 Å². The highest BCUT2D eigenvalue weighted by molar-refractivity contribution is 5.48. The number of benzene rings is 1. The molecule has 160 valence electrons. The molecule has 31 heavy (non-hydrogen) atoms. The number of H-pyrrole nitrogens is 1. The molecule has 4 heterocycles. The van der Waals surface area contributed by atoms with Crippen LogP contribution in [0.1, 0.15) is 36.1 Å². The SMILES string of the molecule is O=c1cc(C2CCN(CC3NNNC3c3ccccc3)CC2)nc(-c2ccccn2)[nH]1. The third kappa shape index (κ3) is 4.57. The minimum absolute atomic E-state index is 0.119. The number of hydrazine groups is 2. The van der Waals surface area contributed by atoms with Gasteiger partial charge in [-0.2, -0.15) is 5.53 Å². The molecular formula is C23H27N7O. The van der Waals surface area contributed by atoms with Crippen molar-refractivity contribution >= 4 is 0 Å². The van der Waals surface area contributed by atoms with E-state index in [4.69, 9.17) is 4.98 Å². The third-order valence-corrected chi connectivity index (χ3v) is 6.18. The van der Waals surface area contributed by atoms with Crippen molar-refractivity contribution < 1.29 is 0 Å². The number of piperidine rings is 1. The first-order valence-corrected chi connectivity index (χ1v) is 10.8. The van der Waals surface area contributed by atoms with Crippen molar-refractivity contribution in [1.29, 1.82) is 0 Å². The molecule has 0 radical (unpaired) electrons. The van der Waals surface area contributed by atoms with Gasteiger partial charge in [0.25, 0.3) is 5.56 Å². The van der Waals surface area contributed by atoms with Gasteiger partial charge < -0.3 is 9.88 Å². The first-order chi connectivity index (χ1) is 15.3. The fourth-order valence-electron chi connectivity index (χ4n) is 4.52. The first-order valence-electron chi connectivity index (χ1n) is 10.8. The number of nitrogens with zero attached hydrogens (tertiary/aromatic N) is 3. The zero-order chi connectivity index (χ0) is 21.0. The van der Waals surface area contributed by atoms with E-state index in [1.807, 2.05) is 24.3 Å². The molecule has 8 nitrogen and oxygen atoms in total. The van der Waals surface area contributed by atoms with Gasteiger partial charge in [-0.3, -0.25) is 9.78 Å². The van der Waals surface area contributed by atoms with E-state index in [-0.39, 0.29) is 17.6 Å². The average Bonchev–Trinajstić information content (AvgIpc) is 3.28. The van der Waals surface area contributed by atoms with Crippen molar-refractivity contribution in [1.82, 2.24) is 36.2 Å². The zero-order valence-corrected chi connectivity index (χ0v) is 17.3. The predicted molar refractivity (Wildman–Crippen MR) is 119 cm³/mol. The van der Waals surface area contributed by atoms with Gasteiger partial charge in [0.05, 0.1) is 17.8 Å². The molecule has 0 amide bonds. The quantitative estimate of drug-likeness (QED) is 0.502. The van der Waals surface area contributed by atoms with Crippen LogP contribution in [-0.2, 0) is 0 Å². The van der Waals surface area contributed by atoms with Crippen molar-refractivity contribution in [2.45, 2.75) is 30.8 Å². The second-order valence-corrected chi connectivity index (χ2v) is 8.22. The first kappa shape index (κ1) is 20.0. The molecule has 5 rings (SSSR count). The van der Waals surface area contributed by atoms with Crippen LogP contribution in [0.2, 0.25) is 0 Å². The van der Waals surface area contributed by atoms with Crippen LogP contribution in [-0.4, -0.2) is 45.5 Å². The molecule has 2 aliphatic rings. The van der Waals surface area contributed by atoms with Crippen LogP contribution in [0.15, 0.2) is 65.6 Å². The largest absolute Gasteiger partial charge is 0.305 e. The molecule has 2 fully saturated rings. The lowest BCUT2D eigenvalue weighted by Crippen LogP contribution is -2.44. The topological polar surface area (TPSA) is 98.0 Å². The van der Waals surface area contributed by atoms with Gasteiger partial charge >= 0.3 is 0 Å². The van der Waals surface area contributed by atoms with Crippen LogP contribution in [0.25, 0.3) is 11.5 Å². The van der Waals surface area contributed by atoms with Crippen LogP contribution in [0.3, 0.4) is 0 Å². The van der Waals surface area contributed by atoms with Crippen molar-refractivity contribution in [3.8, 4) is 11.5 Å². The Bertz CT molecular complexity index is 1050. The Hall–Kier alpha value is -2.91. The summed E-state index contributed by atoms with van der Waals surface area (Å²) in [6.07, 6.45) is 3.69. The van der Waals surface area contributed by atoms with Gasteiger partial charge in [-0.1, -0.05) is 36.4 Å². The van der Waals surface area contributed by atoms with Gasteiger partial charge in [-0.05, 0) is 43.6 Å². The Kier molecular flexibility index (Phi) is 5.86. The van der Waals surface area contributed by atoms with E-state index in [1.54, 1.807) is 12.3 Å². The number of aromatic amines is 1. The summed E-state index contributed by atoms with van der Waals surface area (Å²) in [6.45, 7) is 2.92. The van der Waals surface area contributed by atoms with Crippen LogP contribution < -0.4 is 21.9 Å². The van der Waals surface area contributed by atoms with Gasteiger partial charge in [-0.15, -0.1) is 0 Å².